The molecule has 0 saturated carbocycles. The van der Waals surface area contributed by atoms with E-state index in [0.29, 0.717) is 23.0 Å². The lowest BCUT2D eigenvalue weighted by atomic mass is 10.1. The number of nitrogens with zero attached hydrogens (tertiary/aromatic N) is 3. The van der Waals surface area contributed by atoms with E-state index in [-0.39, 0.29) is 23.9 Å². The highest BCUT2D eigenvalue weighted by atomic mass is 16.4. The zero-order chi connectivity index (χ0) is 19.4. The Balaban J connectivity index is 1.75. The van der Waals surface area contributed by atoms with Gasteiger partial charge in [-0.1, -0.05) is 32.9 Å². The average Bonchev–Trinajstić information content (AvgIpc) is 3.14. The summed E-state index contributed by atoms with van der Waals surface area (Å²) in [6.07, 6.45) is 2.49. The van der Waals surface area contributed by atoms with Crippen LogP contribution in [0, 0.1) is 0 Å². The van der Waals surface area contributed by atoms with E-state index in [1.54, 1.807) is 12.3 Å². The van der Waals surface area contributed by atoms with Gasteiger partial charge >= 0.3 is 0 Å². The molecule has 27 heavy (non-hydrogen) atoms. The van der Waals surface area contributed by atoms with Crippen molar-refractivity contribution in [3.8, 4) is 11.5 Å². The number of carbonyl (C=O) groups is 1. The number of aryl methyl sites for hydroxylation is 1. The van der Waals surface area contributed by atoms with Crippen LogP contribution in [-0.4, -0.2) is 20.7 Å². The zero-order valence-electron chi connectivity index (χ0n) is 15.6. The van der Waals surface area contributed by atoms with Crippen LogP contribution in [0.1, 0.15) is 38.1 Å². The van der Waals surface area contributed by atoms with Crippen molar-refractivity contribution in [1.82, 2.24) is 14.8 Å². The summed E-state index contributed by atoms with van der Waals surface area (Å²) in [5, 5.41) is 10.8. The molecule has 0 saturated heterocycles. The fraction of sp³-hybridized carbons (Fsp3) is 0.300. The second-order valence-electron chi connectivity index (χ2n) is 6.58. The predicted molar refractivity (Wildman–Crippen MR) is 103 cm³/mol. The third-order valence-corrected chi connectivity index (χ3v) is 4.12. The topological polar surface area (TPSA) is 90.0 Å². The van der Waals surface area contributed by atoms with Crippen LogP contribution in [0.25, 0.3) is 11.5 Å². The number of amides is 1. The normalized spacial score (nSPS) is 11.0. The summed E-state index contributed by atoms with van der Waals surface area (Å²) < 4.78 is 6.93. The molecule has 3 rings (SSSR count). The summed E-state index contributed by atoms with van der Waals surface area (Å²) in [5.41, 5.74) is 2.20. The van der Waals surface area contributed by atoms with Gasteiger partial charge in [-0.05, 0) is 30.2 Å². The summed E-state index contributed by atoms with van der Waals surface area (Å²) >= 11 is 0. The van der Waals surface area contributed by atoms with Gasteiger partial charge in [0.1, 0.15) is 6.54 Å². The maximum atomic E-state index is 12.3. The van der Waals surface area contributed by atoms with Crippen LogP contribution in [0.4, 0.5) is 5.69 Å². The van der Waals surface area contributed by atoms with Crippen LogP contribution < -0.4 is 10.9 Å². The van der Waals surface area contributed by atoms with Crippen molar-refractivity contribution in [3.63, 3.8) is 0 Å². The van der Waals surface area contributed by atoms with Crippen LogP contribution in [0.2, 0.25) is 0 Å². The first-order valence-electron chi connectivity index (χ1n) is 8.89. The van der Waals surface area contributed by atoms with Gasteiger partial charge in [0.15, 0.2) is 0 Å². The van der Waals surface area contributed by atoms with E-state index in [2.05, 4.69) is 22.4 Å². The molecule has 3 aromatic rings. The van der Waals surface area contributed by atoms with E-state index in [0.717, 1.165) is 6.42 Å². The first-order valence-corrected chi connectivity index (χ1v) is 8.89. The molecule has 7 nitrogen and oxygen atoms in total. The van der Waals surface area contributed by atoms with Crippen LogP contribution in [0.3, 0.4) is 0 Å². The minimum absolute atomic E-state index is 0.104. The zero-order valence-corrected chi connectivity index (χ0v) is 15.6. The third-order valence-electron chi connectivity index (χ3n) is 4.12. The Hall–Kier alpha value is -3.22. The van der Waals surface area contributed by atoms with Crippen LogP contribution in [-0.2, 0) is 17.8 Å². The van der Waals surface area contributed by atoms with Crippen molar-refractivity contribution in [2.24, 2.45) is 0 Å². The fourth-order valence-corrected chi connectivity index (χ4v) is 2.54. The maximum absolute atomic E-state index is 12.3. The van der Waals surface area contributed by atoms with Gasteiger partial charge in [0.2, 0.25) is 17.7 Å². The molecular weight excluding hydrogens is 344 g/mol. The summed E-state index contributed by atoms with van der Waals surface area (Å²) in [6.45, 7) is 5.87. The van der Waals surface area contributed by atoms with Crippen molar-refractivity contribution >= 4 is 11.6 Å². The maximum Gasteiger partial charge on any atom is 0.251 e. The Labute approximate surface area is 157 Å². The van der Waals surface area contributed by atoms with Crippen LogP contribution >= 0.6 is 0 Å². The summed E-state index contributed by atoms with van der Waals surface area (Å²) in [4.78, 5) is 24.4. The highest BCUT2D eigenvalue weighted by Crippen LogP contribution is 2.20. The van der Waals surface area contributed by atoms with Crippen LogP contribution in [0.15, 0.2) is 51.8 Å². The van der Waals surface area contributed by atoms with E-state index in [4.69, 9.17) is 4.42 Å². The fourth-order valence-electron chi connectivity index (χ4n) is 2.54. The molecule has 140 valence electrons. The van der Waals surface area contributed by atoms with Crippen molar-refractivity contribution in [2.75, 3.05) is 5.32 Å². The molecule has 0 spiro atoms. The number of nitrogens with one attached hydrogen (secondary N) is 1. The smallest absolute Gasteiger partial charge is 0.251 e. The lowest BCUT2D eigenvalue weighted by Crippen LogP contribution is -2.26. The largest absolute Gasteiger partial charge is 0.420 e. The van der Waals surface area contributed by atoms with Crippen molar-refractivity contribution < 1.29 is 9.21 Å². The van der Waals surface area contributed by atoms with Gasteiger partial charge in [0, 0.05) is 23.9 Å². The highest BCUT2D eigenvalue weighted by molar-refractivity contribution is 5.90. The van der Waals surface area contributed by atoms with Gasteiger partial charge in [0.25, 0.3) is 5.56 Å². The Morgan fingerprint density at radius 1 is 1.15 bits per heavy atom. The molecule has 2 heterocycles. The Kier molecular flexibility index (Phi) is 5.49. The molecular formula is C20H22N4O3. The Bertz CT molecular complexity index is 987. The number of aromatic nitrogens is 3. The van der Waals surface area contributed by atoms with E-state index in [1.165, 1.54) is 16.2 Å². The standard InChI is InChI=1S/C20H22N4O3/c1-4-14-5-8-16(9-6-14)21-17(25)12-24-11-15(7-10-18(24)26)20-23-22-19(27-20)13(2)3/h5-11,13H,4,12H2,1-3H3,(H,21,25). The molecule has 1 N–H and O–H groups in total. The van der Waals surface area contributed by atoms with Gasteiger partial charge in [-0.25, -0.2) is 0 Å². The molecule has 0 aliphatic heterocycles. The number of hydrogen-bond donors (Lipinski definition) is 1. The molecule has 0 atom stereocenters. The van der Waals surface area contributed by atoms with Gasteiger partial charge in [0.05, 0.1) is 5.56 Å². The number of hydrogen-bond acceptors (Lipinski definition) is 5. The molecule has 0 aliphatic carbocycles. The van der Waals surface area contributed by atoms with E-state index in [1.807, 2.05) is 38.1 Å². The quantitative estimate of drug-likeness (QED) is 0.723. The van der Waals surface area contributed by atoms with E-state index < -0.39 is 0 Å². The third kappa shape index (κ3) is 4.49. The van der Waals surface area contributed by atoms with Crippen molar-refractivity contribution in [1.29, 1.82) is 0 Å². The number of rotatable bonds is 6. The van der Waals surface area contributed by atoms with Gasteiger partial charge in [-0.15, -0.1) is 10.2 Å². The molecule has 1 aromatic carbocycles. The first-order chi connectivity index (χ1) is 13.0. The number of benzene rings is 1. The monoisotopic (exact) mass is 366 g/mol. The highest BCUT2D eigenvalue weighted by Gasteiger charge is 2.13. The molecule has 0 unspecified atom stereocenters. The molecule has 0 radical (unpaired) electrons. The first kappa shape index (κ1) is 18.6. The molecule has 0 bridgehead atoms. The summed E-state index contributed by atoms with van der Waals surface area (Å²) in [7, 11) is 0. The van der Waals surface area contributed by atoms with E-state index in [9.17, 15) is 9.59 Å². The predicted octanol–water partition coefficient (Wildman–Crippen LogP) is 3.22. The van der Waals surface area contributed by atoms with Gasteiger partial charge < -0.3 is 14.3 Å². The molecule has 2 aromatic heterocycles. The SMILES string of the molecule is CCc1ccc(NC(=O)Cn2cc(-c3nnc(C(C)C)o3)ccc2=O)cc1. The van der Waals surface area contributed by atoms with Gasteiger partial charge in [-0.3, -0.25) is 9.59 Å². The second-order valence-corrected chi connectivity index (χ2v) is 6.58. The second kappa shape index (κ2) is 7.99. The minimum atomic E-state index is -0.285. The van der Waals surface area contributed by atoms with E-state index >= 15 is 0 Å². The summed E-state index contributed by atoms with van der Waals surface area (Å²) in [5.74, 6) is 0.674. The lowest BCUT2D eigenvalue weighted by molar-refractivity contribution is -0.116. The number of anilines is 1. The Morgan fingerprint density at radius 3 is 2.52 bits per heavy atom. The van der Waals surface area contributed by atoms with Gasteiger partial charge in [-0.2, -0.15) is 0 Å². The minimum Gasteiger partial charge on any atom is -0.420 e. The number of carbonyl (C=O) groups excluding carboxylic acids is 1. The lowest BCUT2D eigenvalue weighted by Gasteiger charge is -2.08. The number of pyridine rings is 1. The van der Waals surface area contributed by atoms with Crippen molar-refractivity contribution in [2.45, 2.75) is 39.7 Å². The molecule has 0 fully saturated rings. The summed E-state index contributed by atoms with van der Waals surface area (Å²) in [6, 6.07) is 10.6. The molecule has 1 amide bonds. The molecule has 7 heteroatoms. The molecule has 0 aliphatic rings. The average molecular weight is 366 g/mol. The van der Waals surface area contributed by atoms with Crippen molar-refractivity contribution in [3.05, 3.63) is 64.4 Å². The van der Waals surface area contributed by atoms with Crippen LogP contribution in [0.5, 0.6) is 0 Å². The Morgan fingerprint density at radius 2 is 1.89 bits per heavy atom.